The van der Waals surface area contributed by atoms with E-state index < -0.39 is 11.4 Å². The zero-order chi connectivity index (χ0) is 14.0. The Bertz CT molecular complexity index is 503. The van der Waals surface area contributed by atoms with E-state index in [4.69, 9.17) is 10.9 Å². The summed E-state index contributed by atoms with van der Waals surface area (Å²) in [5.74, 6) is -0.509. The van der Waals surface area contributed by atoms with E-state index in [1.165, 1.54) is 6.07 Å². The second-order valence-electron chi connectivity index (χ2n) is 5.25. The molecule has 0 amide bonds. The van der Waals surface area contributed by atoms with Gasteiger partial charge in [-0.1, -0.05) is 17.3 Å². The number of aliphatic hydroxyl groups is 1. The number of benzene rings is 1. The molecule has 1 atom stereocenters. The fourth-order valence-electron chi connectivity index (χ4n) is 2.31. The van der Waals surface area contributed by atoms with Crippen molar-refractivity contribution < 1.29 is 14.7 Å². The third-order valence-corrected chi connectivity index (χ3v) is 3.38. The maximum absolute atomic E-state index is 13.9. The first-order chi connectivity index (χ1) is 8.91. The van der Waals surface area contributed by atoms with Gasteiger partial charge in [0.05, 0.1) is 5.60 Å². The molecule has 0 radical (unpaired) electrons. The number of halogens is 1. The second-order valence-corrected chi connectivity index (χ2v) is 5.25. The van der Waals surface area contributed by atoms with Gasteiger partial charge in [0.2, 0.25) is 0 Å². The Labute approximate surface area is 111 Å². The van der Waals surface area contributed by atoms with Crippen LogP contribution in [0.15, 0.2) is 23.4 Å². The summed E-state index contributed by atoms with van der Waals surface area (Å²) in [4.78, 5) is 2.00. The van der Waals surface area contributed by atoms with Gasteiger partial charge >= 0.3 is 0 Å². The van der Waals surface area contributed by atoms with Gasteiger partial charge < -0.3 is 16.0 Å². The van der Waals surface area contributed by atoms with E-state index in [9.17, 15) is 9.50 Å². The smallest absolute Gasteiger partial charge is 0.170 e. The molecule has 0 spiro atoms. The van der Waals surface area contributed by atoms with E-state index in [-0.39, 0.29) is 5.84 Å². The zero-order valence-corrected chi connectivity index (χ0v) is 10.8. The zero-order valence-electron chi connectivity index (χ0n) is 10.8. The summed E-state index contributed by atoms with van der Waals surface area (Å²) in [5, 5.41) is 21.2. The first-order valence-corrected chi connectivity index (χ1v) is 6.12. The van der Waals surface area contributed by atoms with Crippen molar-refractivity contribution in [2.45, 2.75) is 25.5 Å². The van der Waals surface area contributed by atoms with Crippen molar-refractivity contribution in [2.75, 3.05) is 13.1 Å². The van der Waals surface area contributed by atoms with Crippen LogP contribution in [0.2, 0.25) is 0 Å². The van der Waals surface area contributed by atoms with Crippen molar-refractivity contribution >= 4 is 5.84 Å². The quantitative estimate of drug-likeness (QED) is 0.328. The number of hydrogen-bond acceptors (Lipinski definition) is 4. The highest BCUT2D eigenvalue weighted by Gasteiger charge is 2.31. The average Bonchev–Trinajstić information content (AvgIpc) is 2.70. The fraction of sp³-hybridized carbons (Fsp3) is 0.462. The van der Waals surface area contributed by atoms with Gasteiger partial charge in [-0.2, -0.15) is 0 Å². The van der Waals surface area contributed by atoms with E-state index in [1.54, 1.807) is 19.1 Å². The summed E-state index contributed by atoms with van der Waals surface area (Å²) in [7, 11) is 0. The molecule has 1 aliphatic rings. The third-order valence-electron chi connectivity index (χ3n) is 3.38. The van der Waals surface area contributed by atoms with Gasteiger partial charge in [-0.15, -0.1) is 0 Å². The van der Waals surface area contributed by atoms with Gasteiger partial charge in [-0.3, -0.25) is 4.90 Å². The van der Waals surface area contributed by atoms with Gasteiger partial charge in [0.25, 0.3) is 0 Å². The molecule has 1 aliphatic heterocycles. The molecule has 19 heavy (non-hydrogen) atoms. The molecule has 1 aromatic carbocycles. The lowest BCUT2D eigenvalue weighted by atomic mass is 10.1. The standard InChI is InChI=1S/C13H18FN3O2/c1-13(18)4-5-17(8-13)7-10-3-2-9(6-11(10)14)12(15)16-19/h2-3,6,18-19H,4-5,7-8H2,1H3,(H2,15,16). The fourth-order valence-corrected chi connectivity index (χ4v) is 2.31. The van der Waals surface area contributed by atoms with E-state index >= 15 is 0 Å². The molecule has 0 saturated carbocycles. The van der Waals surface area contributed by atoms with Crippen molar-refractivity contribution in [3.63, 3.8) is 0 Å². The SMILES string of the molecule is CC1(O)CCN(Cc2ccc(/C(N)=N/O)cc2F)C1. The first kappa shape index (κ1) is 13.8. The molecular formula is C13H18FN3O2. The first-order valence-electron chi connectivity index (χ1n) is 6.12. The van der Waals surface area contributed by atoms with Crippen LogP contribution in [0.5, 0.6) is 0 Å². The van der Waals surface area contributed by atoms with Crippen LogP contribution >= 0.6 is 0 Å². The topological polar surface area (TPSA) is 82.1 Å². The Kier molecular flexibility index (Phi) is 3.73. The molecule has 0 bridgehead atoms. The molecule has 1 unspecified atom stereocenters. The molecule has 1 fully saturated rings. The lowest BCUT2D eigenvalue weighted by Gasteiger charge is -2.19. The summed E-state index contributed by atoms with van der Waals surface area (Å²) >= 11 is 0. The predicted molar refractivity (Wildman–Crippen MR) is 69.4 cm³/mol. The molecule has 4 N–H and O–H groups in total. The molecule has 104 valence electrons. The number of likely N-dealkylation sites (tertiary alicyclic amines) is 1. The van der Waals surface area contributed by atoms with Crippen molar-refractivity contribution in [2.24, 2.45) is 10.9 Å². The molecule has 5 nitrogen and oxygen atoms in total. The summed E-state index contributed by atoms with van der Waals surface area (Å²) in [6.07, 6.45) is 0.691. The summed E-state index contributed by atoms with van der Waals surface area (Å²) < 4.78 is 13.9. The maximum atomic E-state index is 13.9. The van der Waals surface area contributed by atoms with Gasteiger partial charge in [-0.05, 0) is 19.4 Å². The summed E-state index contributed by atoms with van der Waals surface area (Å²) in [6.45, 7) is 3.51. The number of hydrogen-bond donors (Lipinski definition) is 3. The van der Waals surface area contributed by atoms with Crippen LogP contribution in [0.1, 0.15) is 24.5 Å². The van der Waals surface area contributed by atoms with E-state index in [2.05, 4.69) is 5.16 Å². The van der Waals surface area contributed by atoms with Gasteiger partial charge in [-0.25, -0.2) is 4.39 Å². The Balaban J connectivity index is 2.10. The Hall–Kier alpha value is -1.66. The molecular weight excluding hydrogens is 249 g/mol. The Morgan fingerprint density at radius 3 is 2.84 bits per heavy atom. The Morgan fingerprint density at radius 1 is 1.58 bits per heavy atom. The minimum Gasteiger partial charge on any atom is -0.409 e. The van der Waals surface area contributed by atoms with E-state index in [0.717, 1.165) is 6.54 Å². The number of oxime groups is 1. The maximum Gasteiger partial charge on any atom is 0.170 e. The van der Waals surface area contributed by atoms with Crippen molar-refractivity contribution in [3.8, 4) is 0 Å². The van der Waals surface area contributed by atoms with Crippen LogP contribution in [-0.4, -0.2) is 39.7 Å². The minimum atomic E-state index is -0.690. The summed E-state index contributed by atoms with van der Waals surface area (Å²) in [6, 6.07) is 4.48. The molecule has 1 saturated heterocycles. The monoisotopic (exact) mass is 267 g/mol. The number of nitrogens with zero attached hydrogens (tertiary/aromatic N) is 2. The van der Waals surface area contributed by atoms with Crippen LogP contribution in [0.25, 0.3) is 0 Å². The number of nitrogens with two attached hydrogens (primary N) is 1. The highest BCUT2D eigenvalue weighted by Crippen LogP contribution is 2.23. The van der Waals surface area contributed by atoms with Crippen molar-refractivity contribution in [3.05, 3.63) is 35.1 Å². The predicted octanol–water partition coefficient (Wildman–Crippen LogP) is 0.877. The van der Waals surface area contributed by atoms with Crippen LogP contribution in [0, 0.1) is 5.82 Å². The van der Waals surface area contributed by atoms with Gasteiger partial charge in [0.1, 0.15) is 5.82 Å². The van der Waals surface area contributed by atoms with E-state index in [1.807, 2.05) is 4.90 Å². The second kappa shape index (κ2) is 5.14. The van der Waals surface area contributed by atoms with Crippen LogP contribution in [0.4, 0.5) is 4.39 Å². The molecule has 2 rings (SSSR count). The molecule has 1 heterocycles. The largest absolute Gasteiger partial charge is 0.409 e. The lowest BCUT2D eigenvalue weighted by molar-refractivity contribution is 0.0677. The normalized spacial score (nSPS) is 24.9. The number of amidine groups is 1. The number of β-amino-alcohol motifs (C(OH)–C–C–N with tert-alkyl or cyclic N) is 1. The minimum absolute atomic E-state index is 0.116. The number of rotatable bonds is 3. The Morgan fingerprint density at radius 2 is 2.32 bits per heavy atom. The molecule has 1 aromatic rings. The summed E-state index contributed by atoms with van der Waals surface area (Å²) in [5.41, 5.74) is 5.59. The van der Waals surface area contributed by atoms with Gasteiger partial charge in [0.15, 0.2) is 5.84 Å². The highest BCUT2D eigenvalue weighted by atomic mass is 19.1. The molecule has 0 aliphatic carbocycles. The van der Waals surface area contributed by atoms with Crippen LogP contribution in [0.3, 0.4) is 0 Å². The lowest BCUT2D eigenvalue weighted by Crippen LogP contribution is -2.29. The van der Waals surface area contributed by atoms with Crippen molar-refractivity contribution in [1.82, 2.24) is 4.90 Å². The van der Waals surface area contributed by atoms with Gasteiger partial charge in [0, 0.05) is 30.8 Å². The highest BCUT2D eigenvalue weighted by molar-refractivity contribution is 5.97. The van der Waals surface area contributed by atoms with Crippen LogP contribution < -0.4 is 5.73 Å². The van der Waals surface area contributed by atoms with Crippen molar-refractivity contribution in [1.29, 1.82) is 0 Å². The van der Waals surface area contributed by atoms with Crippen LogP contribution in [-0.2, 0) is 6.54 Å². The third kappa shape index (κ3) is 3.21. The molecule has 6 heteroatoms. The average molecular weight is 267 g/mol. The van der Waals surface area contributed by atoms with E-state index in [0.29, 0.717) is 30.6 Å². The molecule has 0 aromatic heterocycles.